The molecule has 2 rings (SSSR count). The molecule has 0 aliphatic carbocycles. The van der Waals surface area contributed by atoms with Crippen LogP contribution in [0.3, 0.4) is 0 Å². The summed E-state index contributed by atoms with van der Waals surface area (Å²) in [7, 11) is 0. The van der Waals surface area contributed by atoms with Gasteiger partial charge in [0.05, 0.1) is 11.8 Å². The quantitative estimate of drug-likeness (QED) is 0.919. The van der Waals surface area contributed by atoms with Crippen molar-refractivity contribution in [3.05, 3.63) is 41.8 Å². The highest BCUT2D eigenvalue weighted by Crippen LogP contribution is 2.30. The predicted octanol–water partition coefficient (Wildman–Crippen LogP) is 2.85. The Morgan fingerprint density at radius 1 is 1.22 bits per heavy atom. The number of hydrogen-bond acceptors (Lipinski definition) is 4. The first-order valence-corrected chi connectivity index (χ1v) is 4.95. The van der Waals surface area contributed by atoms with E-state index < -0.39 is 11.7 Å². The van der Waals surface area contributed by atoms with Crippen molar-refractivity contribution in [1.29, 1.82) is 0 Å². The van der Waals surface area contributed by atoms with Crippen molar-refractivity contribution in [2.75, 3.05) is 5.73 Å². The fourth-order valence-electron chi connectivity index (χ4n) is 1.28. The van der Waals surface area contributed by atoms with E-state index in [0.29, 0.717) is 11.5 Å². The molecule has 1 aromatic heterocycles. The highest BCUT2D eigenvalue weighted by Gasteiger charge is 2.29. The van der Waals surface area contributed by atoms with Crippen LogP contribution in [0.15, 0.2) is 34.9 Å². The van der Waals surface area contributed by atoms with Crippen LogP contribution in [-0.4, -0.2) is 4.98 Å². The highest BCUT2D eigenvalue weighted by molar-refractivity contribution is 5.29. The van der Waals surface area contributed by atoms with E-state index in [9.17, 15) is 13.2 Å². The Bertz CT molecular complexity index is 520. The normalized spacial score (nSPS) is 11.5. The second-order valence-electron chi connectivity index (χ2n) is 3.48. The smallest absolute Gasteiger partial charge is 0.416 e. The predicted molar refractivity (Wildman–Crippen MR) is 56.7 cm³/mol. The lowest BCUT2D eigenvalue weighted by Crippen LogP contribution is -2.04. The molecule has 1 aromatic carbocycles. The van der Waals surface area contributed by atoms with Gasteiger partial charge in [0.2, 0.25) is 0 Å². The minimum Gasteiger partial charge on any atom is -0.486 e. The summed E-state index contributed by atoms with van der Waals surface area (Å²) < 4.78 is 47.0. The maximum atomic E-state index is 12.3. The first-order chi connectivity index (χ1) is 8.45. The topological polar surface area (TPSA) is 61.3 Å². The van der Waals surface area contributed by atoms with E-state index in [1.54, 1.807) is 0 Å². The summed E-state index contributed by atoms with van der Waals surface area (Å²) in [4.78, 5) is 3.66. The summed E-state index contributed by atoms with van der Waals surface area (Å²) in [5.41, 5.74) is 4.53. The molecule has 0 radical (unpaired) electrons. The number of hydrogen-bond donors (Lipinski definition) is 1. The fraction of sp³-hybridized carbons (Fsp3) is 0.182. The van der Waals surface area contributed by atoms with Gasteiger partial charge in [0.25, 0.3) is 6.01 Å². The minimum absolute atomic E-state index is 0.0148. The molecule has 4 nitrogen and oxygen atoms in total. The zero-order valence-corrected chi connectivity index (χ0v) is 9.07. The Morgan fingerprint density at radius 3 is 2.39 bits per heavy atom. The molecule has 7 heteroatoms. The van der Waals surface area contributed by atoms with Gasteiger partial charge in [-0.3, -0.25) is 0 Å². The van der Waals surface area contributed by atoms with Crippen LogP contribution in [0.1, 0.15) is 11.3 Å². The van der Waals surface area contributed by atoms with Gasteiger partial charge in [0.15, 0.2) is 5.76 Å². The van der Waals surface area contributed by atoms with Crippen LogP contribution in [0.5, 0.6) is 5.75 Å². The van der Waals surface area contributed by atoms with Crippen molar-refractivity contribution < 1.29 is 22.3 Å². The largest absolute Gasteiger partial charge is 0.486 e. The number of rotatable bonds is 3. The van der Waals surface area contributed by atoms with E-state index in [2.05, 4.69) is 4.98 Å². The Labute approximate surface area is 100 Å². The van der Waals surface area contributed by atoms with E-state index >= 15 is 0 Å². The number of nitrogens with two attached hydrogens (primary N) is 1. The maximum absolute atomic E-state index is 12.3. The zero-order chi connectivity index (χ0) is 13.2. The average Bonchev–Trinajstić information content (AvgIpc) is 2.72. The number of nitrogen functional groups attached to an aromatic ring is 1. The van der Waals surface area contributed by atoms with Gasteiger partial charge in [-0.2, -0.15) is 13.2 Å². The molecule has 0 aliphatic rings. The highest BCUT2D eigenvalue weighted by atomic mass is 19.4. The van der Waals surface area contributed by atoms with Crippen LogP contribution in [-0.2, 0) is 12.8 Å². The third-order valence-corrected chi connectivity index (χ3v) is 2.13. The first-order valence-electron chi connectivity index (χ1n) is 4.95. The van der Waals surface area contributed by atoms with Gasteiger partial charge in [0.1, 0.15) is 12.4 Å². The van der Waals surface area contributed by atoms with Crippen molar-refractivity contribution in [1.82, 2.24) is 4.98 Å². The van der Waals surface area contributed by atoms with E-state index in [1.165, 1.54) is 18.3 Å². The van der Waals surface area contributed by atoms with Crippen molar-refractivity contribution in [3.8, 4) is 5.75 Å². The zero-order valence-electron chi connectivity index (χ0n) is 9.07. The number of aromatic nitrogens is 1. The number of benzene rings is 1. The molecule has 96 valence electrons. The Kier molecular flexibility index (Phi) is 3.14. The number of halogens is 3. The summed E-state index contributed by atoms with van der Waals surface area (Å²) >= 11 is 0. The standard InChI is InChI=1S/C11H9F3N2O2/c12-11(13,14)7-1-3-8(4-2-7)17-6-9-5-16-10(15)18-9/h1-5H,6H2,(H2,15,16). The molecule has 0 saturated heterocycles. The van der Waals surface area contributed by atoms with E-state index in [-0.39, 0.29) is 12.6 Å². The minimum atomic E-state index is -4.35. The van der Waals surface area contributed by atoms with Crippen LogP contribution in [0, 0.1) is 0 Å². The first kappa shape index (κ1) is 12.3. The molecule has 0 bridgehead atoms. The van der Waals surface area contributed by atoms with Gasteiger partial charge in [0, 0.05) is 0 Å². The van der Waals surface area contributed by atoms with Crippen LogP contribution >= 0.6 is 0 Å². The summed E-state index contributed by atoms with van der Waals surface area (Å²) in [5, 5.41) is 0. The van der Waals surface area contributed by atoms with Crippen LogP contribution < -0.4 is 10.5 Å². The van der Waals surface area contributed by atoms with Crippen molar-refractivity contribution in [2.45, 2.75) is 12.8 Å². The van der Waals surface area contributed by atoms with Crippen LogP contribution in [0.4, 0.5) is 19.2 Å². The van der Waals surface area contributed by atoms with Gasteiger partial charge < -0.3 is 14.9 Å². The summed E-state index contributed by atoms with van der Waals surface area (Å²) in [6.07, 6.45) is -2.96. The summed E-state index contributed by atoms with van der Waals surface area (Å²) in [6.45, 7) is 0.0512. The SMILES string of the molecule is Nc1ncc(COc2ccc(C(F)(F)F)cc2)o1. The second-order valence-corrected chi connectivity index (χ2v) is 3.48. The molecule has 0 fully saturated rings. The van der Waals surface area contributed by atoms with Crippen molar-refractivity contribution in [3.63, 3.8) is 0 Å². The Hall–Kier alpha value is -2.18. The number of oxazole rings is 1. The van der Waals surface area contributed by atoms with E-state index in [4.69, 9.17) is 14.9 Å². The molecule has 18 heavy (non-hydrogen) atoms. The molecule has 0 unspecified atom stereocenters. The van der Waals surface area contributed by atoms with Crippen LogP contribution in [0.2, 0.25) is 0 Å². The molecule has 0 amide bonds. The molecule has 0 aliphatic heterocycles. The molecule has 0 spiro atoms. The maximum Gasteiger partial charge on any atom is 0.416 e. The third-order valence-electron chi connectivity index (χ3n) is 2.13. The molecule has 2 aromatic rings. The summed E-state index contributed by atoms with van der Waals surface area (Å²) in [5.74, 6) is 0.699. The number of anilines is 1. The van der Waals surface area contributed by atoms with Gasteiger partial charge in [-0.05, 0) is 24.3 Å². The fourth-order valence-corrected chi connectivity index (χ4v) is 1.28. The van der Waals surface area contributed by atoms with Crippen molar-refractivity contribution in [2.24, 2.45) is 0 Å². The third kappa shape index (κ3) is 2.93. The monoisotopic (exact) mass is 258 g/mol. The van der Waals surface area contributed by atoms with Gasteiger partial charge in [-0.25, -0.2) is 4.98 Å². The molecule has 1 heterocycles. The number of alkyl halides is 3. The lowest BCUT2D eigenvalue weighted by molar-refractivity contribution is -0.137. The second kappa shape index (κ2) is 4.59. The molecular formula is C11H9F3N2O2. The lowest BCUT2D eigenvalue weighted by atomic mass is 10.2. The van der Waals surface area contributed by atoms with Gasteiger partial charge >= 0.3 is 6.18 Å². The average molecular weight is 258 g/mol. The van der Waals surface area contributed by atoms with Crippen molar-refractivity contribution >= 4 is 6.01 Å². The molecule has 0 atom stereocenters. The van der Waals surface area contributed by atoms with E-state index in [0.717, 1.165) is 12.1 Å². The molecule has 0 saturated carbocycles. The van der Waals surface area contributed by atoms with Crippen LogP contribution in [0.25, 0.3) is 0 Å². The van der Waals surface area contributed by atoms with E-state index in [1.807, 2.05) is 0 Å². The number of ether oxygens (including phenoxy) is 1. The number of nitrogens with zero attached hydrogens (tertiary/aromatic N) is 1. The Balaban J connectivity index is 1.98. The summed E-state index contributed by atoms with van der Waals surface area (Å²) in [6, 6.07) is 4.39. The van der Waals surface area contributed by atoms with Gasteiger partial charge in [-0.15, -0.1) is 0 Å². The molecule has 2 N–H and O–H groups in total. The molecular weight excluding hydrogens is 249 g/mol. The van der Waals surface area contributed by atoms with Gasteiger partial charge in [-0.1, -0.05) is 0 Å². The Morgan fingerprint density at radius 2 is 1.89 bits per heavy atom. The lowest BCUT2D eigenvalue weighted by Gasteiger charge is -2.08.